The minimum atomic E-state index is -0.259. The highest BCUT2D eigenvalue weighted by molar-refractivity contribution is 7.13. The van der Waals surface area contributed by atoms with Crippen molar-refractivity contribution < 1.29 is 9.18 Å². The number of amides is 1. The van der Waals surface area contributed by atoms with Crippen LogP contribution in [0.15, 0.2) is 24.3 Å². The van der Waals surface area contributed by atoms with Gasteiger partial charge in [0.2, 0.25) is 0 Å². The van der Waals surface area contributed by atoms with Crippen molar-refractivity contribution in [1.82, 2.24) is 14.8 Å². The number of aromatic nitrogens is 1. The molecule has 0 N–H and O–H groups in total. The SMILES string of the molecule is Cc1nc(Cc2ccc(F)cc2)sc1C(=O)N1CCN(C(C#N)C(C)C)CC1. The van der Waals surface area contributed by atoms with Crippen molar-refractivity contribution in [3.05, 3.63) is 51.2 Å². The highest BCUT2D eigenvalue weighted by atomic mass is 32.1. The summed E-state index contributed by atoms with van der Waals surface area (Å²) >= 11 is 1.41. The first-order valence-corrected chi connectivity index (χ1v) is 10.3. The highest BCUT2D eigenvalue weighted by Gasteiger charge is 2.29. The average molecular weight is 401 g/mol. The van der Waals surface area contributed by atoms with Crippen LogP contribution >= 0.6 is 11.3 Å². The molecule has 0 spiro atoms. The van der Waals surface area contributed by atoms with Crippen molar-refractivity contribution in [3.63, 3.8) is 0 Å². The van der Waals surface area contributed by atoms with Gasteiger partial charge in [0, 0.05) is 32.6 Å². The second-order valence-corrected chi connectivity index (χ2v) is 8.56. The minimum Gasteiger partial charge on any atom is -0.335 e. The molecule has 2 aromatic rings. The van der Waals surface area contributed by atoms with E-state index < -0.39 is 0 Å². The average Bonchev–Trinajstić information content (AvgIpc) is 3.04. The van der Waals surface area contributed by atoms with E-state index in [4.69, 9.17) is 0 Å². The van der Waals surface area contributed by atoms with Gasteiger partial charge in [-0.2, -0.15) is 5.26 Å². The third-order valence-electron chi connectivity index (χ3n) is 5.06. The summed E-state index contributed by atoms with van der Waals surface area (Å²) in [7, 11) is 0. The molecule has 1 fully saturated rings. The van der Waals surface area contributed by atoms with Gasteiger partial charge in [-0.25, -0.2) is 9.37 Å². The number of rotatable bonds is 5. The standard InChI is InChI=1S/C21H25FN4OS/c1-14(2)18(13-23)25-8-10-26(11-9-25)21(27)20-15(3)24-19(28-20)12-16-4-6-17(22)7-5-16/h4-7,14,18H,8-12H2,1-3H3. The first-order chi connectivity index (χ1) is 13.4. The van der Waals surface area contributed by atoms with Crippen LogP contribution in [-0.2, 0) is 6.42 Å². The number of carbonyl (C=O) groups excluding carboxylic acids is 1. The van der Waals surface area contributed by atoms with Crippen LogP contribution in [0.4, 0.5) is 4.39 Å². The zero-order chi connectivity index (χ0) is 20.3. The van der Waals surface area contributed by atoms with Crippen LogP contribution < -0.4 is 0 Å². The van der Waals surface area contributed by atoms with Gasteiger partial charge in [-0.3, -0.25) is 9.69 Å². The van der Waals surface area contributed by atoms with Crippen LogP contribution in [0, 0.1) is 30.0 Å². The summed E-state index contributed by atoms with van der Waals surface area (Å²) < 4.78 is 13.1. The Balaban J connectivity index is 1.64. The third kappa shape index (κ3) is 4.57. The quantitative estimate of drug-likeness (QED) is 0.771. The Bertz CT molecular complexity index is 864. The molecule has 1 atom stereocenters. The number of hydrogen-bond donors (Lipinski definition) is 0. The topological polar surface area (TPSA) is 60.2 Å². The minimum absolute atomic E-state index is 0.0121. The number of carbonyl (C=O) groups is 1. The van der Waals surface area contributed by atoms with Gasteiger partial charge in [0.05, 0.1) is 16.8 Å². The van der Waals surface area contributed by atoms with E-state index in [1.54, 1.807) is 12.1 Å². The Hall–Kier alpha value is -2.30. The summed E-state index contributed by atoms with van der Waals surface area (Å²) in [6.45, 7) is 8.62. The lowest BCUT2D eigenvalue weighted by atomic mass is 10.0. The van der Waals surface area contributed by atoms with Crippen LogP contribution in [0.25, 0.3) is 0 Å². The lowest BCUT2D eigenvalue weighted by Crippen LogP contribution is -2.52. The number of piperazine rings is 1. The number of hydrogen-bond acceptors (Lipinski definition) is 5. The molecular formula is C21H25FN4OS. The highest BCUT2D eigenvalue weighted by Crippen LogP contribution is 2.24. The maximum atomic E-state index is 13.1. The van der Waals surface area contributed by atoms with E-state index >= 15 is 0 Å². The molecule has 7 heteroatoms. The number of thiazole rings is 1. The van der Waals surface area contributed by atoms with E-state index in [2.05, 4.69) is 29.8 Å². The molecule has 3 rings (SSSR count). The van der Waals surface area contributed by atoms with Crippen LogP contribution in [-0.4, -0.2) is 52.9 Å². The third-order valence-corrected chi connectivity index (χ3v) is 6.21. The predicted octanol–water partition coefficient (Wildman–Crippen LogP) is 3.49. The van der Waals surface area contributed by atoms with Crippen molar-refractivity contribution in [3.8, 4) is 6.07 Å². The molecule has 0 bridgehead atoms. The predicted molar refractivity (Wildman–Crippen MR) is 108 cm³/mol. The van der Waals surface area contributed by atoms with Gasteiger partial charge in [-0.15, -0.1) is 11.3 Å². The second kappa shape index (κ2) is 8.80. The molecule has 1 amide bonds. The maximum Gasteiger partial charge on any atom is 0.265 e. The van der Waals surface area contributed by atoms with Crippen molar-refractivity contribution >= 4 is 17.2 Å². The molecule has 28 heavy (non-hydrogen) atoms. The fourth-order valence-corrected chi connectivity index (χ4v) is 4.57. The van der Waals surface area contributed by atoms with Gasteiger partial charge < -0.3 is 4.90 Å². The first kappa shape index (κ1) is 20.4. The van der Waals surface area contributed by atoms with E-state index in [0.717, 1.165) is 16.3 Å². The summed E-state index contributed by atoms with van der Waals surface area (Å²) in [6.07, 6.45) is 0.588. The molecule has 0 saturated carbocycles. The van der Waals surface area contributed by atoms with E-state index in [9.17, 15) is 14.4 Å². The first-order valence-electron chi connectivity index (χ1n) is 9.52. The molecule has 1 aromatic carbocycles. The molecule has 1 aliphatic heterocycles. The van der Waals surface area contributed by atoms with Crippen LogP contribution in [0.2, 0.25) is 0 Å². The summed E-state index contributed by atoms with van der Waals surface area (Å²) in [5.41, 5.74) is 1.71. The van der Waals surface area contributed by atoms with Gasteiger partial charge in [-0.1, -0.05) is 26.0 Å². The van der Waals surface area contributed by atoms with Crippen molar-refractivity contribution in [2.45, 2.75) is 33.2 Å². The summed E-state index contributed by atoms with van der Waals surface area (Å²) in [6, 6.07) is 8.63. The Morgan fingerprint density at radius 2 is 1.89 bits per heavy atom. The summed E-state index contributed by atoms with van der Waals surface area (Å²) in [5, 5.41) is 10.2. The summed E-state index contributed by atoms with van der Waals surface area (Å²) in [5.74, 6) is 0.0215. The molecule has 1 saturated heterocycles. The lowest BCUT2D eigenvalue weighted by Gasteiger charge is -2.38. The number of nitrogens with zero attached hydrogens (tertiary/aromatic N) is 4. The normalized spacial score (nSPS) is 16.2. The second-order valence-electron chi connectivity index (χ2n) is 7.47. The maximum absolute atomic E-state index is 13.1. The van der Waals surface area contributed by atoms with Gasteiger partial charge in [0.1, 0.15) is 16.7 Å². The van der Waals surface area contributed by atoms with Crippen molar-refractivity contribution in [1.29, 1.82) is 5.26 Å². The number of benzene rings is 1. The van der Waals surface area contributed by atoms with Gasteiger partial charge in [0.25, 0.3) is 5.91 Å². The smallest absolute Gasteiger partial charge is 0.265 e. The monoisotopic (exact) mass is 400 g/mol. The fourth-order valence-electron chi connectivity index (χ4n) is 3.50. The molecule has 2 heterocycles. The number of nitriles is 1. The molecule has 148 valence electrons. The van der Waals surface area contributed by atoms with Crippen molar-refractivity contribution in [2.24, 2.45) is 5.92 Å². The molecule has 5 nitrogen and oxygen atoms in total. The summed E-state index contributed by atoms with van der Waals surface area (Å²) in [4.78, 5) is 22.2. The van der Waals surface area contributed by atoms with Gasteiger partial charge >= 0.3 is 0 Å². The van der Waals surface area contributed by atoms with E-state index in [-0.39, 0.29) is 23.7 Å². The van der Waals surface area contributed by atoms with Crippen LogP contribution in [0.5, 0.6) is 0 Å². The van der Waals surface area contributed by atoms with E-state index in [0.29, 0.717) is 37.5 Å². The molecule has 0 radical (unpaired) electrons. The Morgan fingerprint density at radius 1 is 1.25 bits per heavy atom. The van der Waals surface area contributed by atoms with E-state index in [1.165, 1.54) is 23.5 Å². The Morgan fingerprint density at radius 3 is 2.46 bits per heavy atom. The molecular weight excluding hydrogens is 375 g/mol. The zero-order valence-electron chi connectivity index (χ0n) is 16.5. The fraction of sp³-hybridized carbons (Fsp3) is 0.476. The van der Waals surface area contributed by atoms with Gasteiger partial charge in [-0.05, 0) is 30.5 Å². The van der Waals surface area contributed by atoms with Crippen LogP contribution in [0.3, 0.4) is 0 Å². The molecule has 0 aliphatic carbocycles. The van der Waals surface area contributed by atoms with Crippen molar-refractivity contribution in [2.75, 3.05) is 26.2 Å². The molecule has 1 unspecified atom stereocenters. The largest absolute Gasteiger partial charge is 0.335 e. The number of halogens is 1. The molecule has 1 aliphatic rings. The lowest BCUT2D eigenvalue weighted by molar-refractivity contribution is 0.0580. The zero-order valence-corrected chi connectivity index (χ0v) is 17.3. The van der Waals surface area contributed by atoms with Crippen LogP contribution in [0.1, 0.15) is 39.8 Å². The number of aryl methyl sites for hydroxylation is 1. The Labute approximate surface area is 169 Å². The van der Waals surface area contributed by atoms with E-state index in [1.807, 2.05) is 11.8 Å². The van der Waals surface area contributed by atoms with Gasteiger partial charge in [0.15, 0.2) is 0 Å². The Kier molecular flexibility index (Phi) is 6.42. The molecule has 1 aromatic heterocycles.